The van der Waals surface area contributed by atoms with Crippen LogP contribution in [0, 0.1) is 16.7 Å². The number of carbonyl (C=O) groups excluding carboxylic acids is 1. The molecule has 0 heterocycles. The summed E-state index contributed by atoms with van der Waals surface area (Å²) in [4.78, 5) is 11.9. The van der Waals surface area contributed by atoms with Crippen LogP contribution in [-0.2, 0) is 19.2 Å². The Hall–Kier alpha value is 0.0200. The van der Waals surface area contributed by atoms with Crippen molar-refractivity contribution in [3.63, 3.8) is 0 Å². The molecule has 0 aromatic carbocycles. The summed E-state index contributed by atoms with van der Waals surface area (Å²) < 4.78 is 27.3. The number of halogens is 1. The number of rotatable bonds is 3. The first-order valence-electron chi connectivity index (χ1n) is 5.93. The second-order valence-electron chi connectivity index (χ2n) is 6.10. The van der Waals surface area contributed by atoms with Crippen LogP contribution < -0.4 is 5.90 Å². The van der Waals surface area contributed by atoms with Gasteiger partial charge in [-0.15, -0.1) is 0 Å². The summed E-state index contributed by atoms with van der Waals surface area (Å²) in [5.41, 5.74) is -0.894. The molecule has 0 spiro atoms. The maximum absolute atomic E-state index is 12.2. The third-order valence-corrected chi connectivity index (χ3v) is 6.91. The minimum atomic E-state index is -3.72. The van der Waals surface area contributed by atoms with Crippen LogP contribution in [-0.4, -0.2) is 24.8 Å². The number of hydrogen-bond acceptors (Lipinski definition) is 5. The smallest absolute Gasteiger partial charge is 0.283 e. The molecule has 0 aliphatic heterocycles. The van der Waals surface area contributed by atoms with E-state index >= 15 is 0 Å². The van der Waals surface area contributed by atoms with Gasteiger partial charge in [0.15, 0.2) is 5.78 Å². The summed E-state index contributed by atoms with van der Waals surface area (Å²) in [6, 6.07) is 0. The zero-order chi connectivity index (χ0) is 13.8. The molecule has 18 heavy (non-hydrogen) atoms. The van der Waals surface area contributed by atoms with E-state index in [4.69, 9.17) is 5.90 Å². The van der Waals surface area contributed by atoms with Crippen molar-refractivity contribution in [2.75, 3.05) is 5.75 Å². The van der Waals surface area contributed by atoms with Gasteiger partial charge in [-0.2, -0.15) is 18.6 Å². The quantitative estimate of drug-likeness (QED) is 0.619. The van der Waals surface area contributed by atoms with Crippen LogP contribution in [0.15, 0.2) is 0 Å². The maximum Gasteiger partial charge on any atom is 0.283 e. The number of Topliss-reactive ketones (excluding diaryl/α,β-unsaturated/α-hetero) is 1. The van der Waals surface area contributed by atoms with E-state index in [9.17, 15) is 13.2 Å². The first-order valence-corrected chi connectivity index (χ1v) is 8.42. The lowest BCUT2D eigenvalue weighted by atomic mass is 9.51. The van der Waals surface area contributed by atoms with E-state index in [1.807, 2.05) is 13.8 Å². The van der Waals surface area contributed by atoms with Gasteiger partial charge in [-0.1, -0.05) is 29.8 Å². The second kappa shape index (κ2) is 4.26. The number of nitrogens with two attached hydrogens (primary N) is 1. The number of ketones is 1. The van der Waals surface area contributed by atoms with E-state index in [1.54, 1.807) is 0 Å². The summed E-state index contributed by atoms with van der Waals surface area (Å²) in [6.45, 7) is 3.83. The van der Waals surface area contributed by atoms with Crippen molar-refractivity contribution in [1.82, 2.24) is 0 Å². The maximum atomic E-state index is 12.2. The van der Waals surface area contributed by atoms with Crippen LogP contribution in [0.4, 0.5) is 0 Å². The van der Waals surface area contributed by atoms with Crippen LogP contribution in [0.25, 0.3) is 0 Å². The van der Waals surface area contributed by atoms with Gasteiger partial charge in [0.2, 0.25) is 0 Å². The fourth-order valence-electron chi connectivity index (χ4n) is 3.75. The van der Waals surface area contributed by atoms with Gasteiger partial charge < -0.3 is 0 Å². The average molecular weight is 340 g/mol. The van der Waals surface area contributed by atoms with Gasteiger partial charge in [0.25, 0.3) is 10.1 Å². The minimum absolute atomic E-state index is 0.0248. The molecular formula is C11H18BrNO4S. The van der Waals surface area contributed by atoms with Crippen LogP contribution in [0.3, 0.4) is 0 Å². The van der Waals surface area contributed by atoms with E-state index < -0.39 is 20.9 Å². The highest BCUT2D eigenvalue weighted by Crippen LogP contribution is 2.59. The average Bonchev–Trinajstić information content (AvgIpc) is 2.24. The van der Waals surface area contributed by atoms with Crippen LogP contribution in [0.1, 0.15) is 33.1 Å². The van der Waals surface area contributed by atoms with E-state index in [2.05, 4.69) is 20.2 Å². The van der Waals surface area contributed by atoms with E-state index in [-0.39, 0.29) is 22.3 Å². The Bertz CT molecular complexity index is 479. The SMILES string of the molecule is C[C@@]12CC[C@@H]([C@H](Br)C1=O)[C@@](C)(CS(=O)(=O)ON)C2. The molecule has 3 aliphatic carbocycles. The van der Waals surface area contributed by atoms with Crippen LogP contribution >= 0.6 is 15.9 Å². The van der Waals surface area contributed by atoms with Gasteiger partial charge in [0.05, 0.1) is 10.6 Å². The van der Waals surface area contributed by atoms with Gasteiger partial charge in [-0.05, 0) is 30.6 Å². The predicted molar refractivity (Wildman–Crippen MR) is 70.3 cm³/mol. The molecule has 5 nitrogen and oxygen atoms in total. The van der Waals surface area contributed by atoms with Crippen molar-refractivity contribution in [2.24, 2.45) is 22.6 Å². The lowest BCUT2D eigenvalue weighted by molar-refractivity contribution is -0.143. The zero-order valence-electron chi connectivity index (χ0n) is 10.5. The van der Waals surface area contributed by atoms with Crippen molar-refractivity contribution in [3.8, 4) is 0 Å². The molecule has 3 saturated carbocycles. The highest BCUT2D eigenvalue weighted by Gasteiger charge is 2.59. The summed E-state index contributed by atoms with van der Waals surface area (Å²) in [5, 5.41) is 0. The fourth-order valence-corrected chi connectivity index (χ4v) is 6.40. The first-order chi connectivity index (χ1) is 8.14. The standard InChI is InChI=1S/C11H18BrNO4S/c1-10-4-3-7(8(12)9(10)14)11(2,5-10)6-18(15,16)17-13/h7-8H,3-6,13H2,1-2H3/t7-,8-,10-,11+/m0/s1. The summed E-state index contributed by atoms with van der Waals surface area (Å²) >= 11 is 3.43. The molecule has 0 radical (unpaired) electrons. The third-order valence-electron chi connectivity index (χ3n) is 4.55. The Morgan fingerprint density at radius 1 is 1.50 bits per heavy atom. The number of carbonyl (C=O) groups is 1. The Balaban J connectivity index is 2.34. The van der Waals surface area contributed by atoms with E-state index in [0.29, 0.717) is 6.42 Å². The fraction of sp³-hybridized carbons (Fsp3) is 0.909. The van der Waals surface area contributed by atoms with Crippen molar-refractivity contribution in [2.45, 2.75) is 37.9 Å². The molecule has 4 atom stereocenters. The molecule has 2 bridgehead atoms. The van der Waals surface area contributed by atoms with Crippen molar-refractivity contribution >= 4 is 31.8 Å². The lowest BCUT2D eigenvalue weighted by Gasteiger charge is -2.55. The molecule has 3 fully saturated rings. The Labute approximate surface area is 116 Å². The van der Waals surface area contributed by atoms with Crippen molar-refractivity contribution < 1.29 is 17.5 Å². The molecule has 104 valence electrons. The summed E-state index contributed by atoms with van der Waals surface area (Å²) in [6.07, 6.45) is 2.26. The van der Waals surface area contributed by atoms with Gasteiger partial charge in [0, 0.05) is 5.41 Å². The molecule has 0 unspecified atom stereocenters. The molecule has 3 rings (SSSR count). The number of fused-ring (bicyclic) bond motifs is 3. The molecule has 3 aliphatic rings. The van der Waals surface area contributed by atoms with Crippen molar-refractivity contribution in [3.05, 3.63) is 0 Å². The Kier molecular flexibility index (Phi) is 3.42. The largest absolute Gasteiger partial charge is 0.298 e. The third kappa shape index (κ3) is 2.15. The molecule has 7 heteroatoms. The van der Waals surface area contributed by atoms with Gasteiger partial charge in [0.1, 0.15) is 0 Å². The second-order valence-corrected chi connectivity index (χ2v) is 8.68. The minimum Gasteiger partial charge on any atom is -0.298 e. The normalized spacial score (nSPS) is 44.3. The van der Waals surface area contributed by atoms with Gasteiger partial charge in [-0.25, -0.2) is 0 Å². The number of alkyl halides is 1. The Morgan fingerprint density at radius 3 is 2.61 bits per heavy atom. The first kappa shape index (κ1) is 14.4. The van der Waals surface area contributed by atoms with E-state index in [0.717, 1.165) is 12.8 Å². The zero-order valence-corrected chi connectivity index (χ0v) is 12.9. The predicted octanol–water partition coefficient (Wildman–Crippen LogP) is 1.37. The molecule has 0 saturated heterocycles. The molecule has 0 amide bonds. The topological polar surface area (TPSA) is 86.5 Å². The van der Waals surface area contributed by atoms with E-state index in [1.165, 1.54) is 0 Å². The van der Waals surface area contributed by atoms with Gasteiger partial charge >= 0.3 is 0 Å². The van der Waals surface area contributed by atoms with Gasteiger partial charge in [-0.3, -0.25) is 4.79 Å². The van der Waals surface area contributed by atoms with Crippen LogP contribution in [0.5, 0.6) is 0 Å². The summed E-state index contributed by atoms with van der Waals surface area (Å²) in [5.74, 6) is 4.90. The highest BCUT2D eigenvalue weighted by molar-refractivity contribution is 9.10. The lowest BCUT2D eigenvalue weighted by Crippen LogP contribution is -2.58. The monoisotopic (exact) mass is 339 g/mol. The Morgan fingerprint density at radius 2 is 2.11 bits per heavy atom. The molecular weight excluding hydrogens is 322 g/mol. The molecule has 0 aromatic heterocycles. The van der Waals surface area contributed by atoms with Crippen molar-refractivity contribution in [1.29, 1.82) is 0 Å². The molecule has 2 N–H and O–H groups in total. The number of hydrogen-bond donors (Lipinski definition) is 1. The summed E-state index contributed by atoms with van der Waals surface area (Å²) in [7, 11) is -3.72. The molecule has 0 aromatic rings. The van der Waals surface area contributed by atoms with Crippen LogP contribution in [0.2, 0.25) is 0 Å². The highest BCUT2D eigenvalue weighted by atomic mass is 79.9.